The van der Waals surface area contributed by atoms with Crippen molar-refractivity contribution in [2.24, 2.45) is 5.92 Å². The van der Waals surface area contributed by atoms with Gasteiger partial charge in [-0.05, 0) is 30.7 Å². The number of aryl methyl sites for hydroxylation is 1. The molecular weight excluding hydrogens is 176 g/mol. The van der Waals surface area contributed by atoms with Crippen molar-refractivity contribution in [1.82, 2.24) is 9.78 Å². The lowest BCUT2D eigenvalue weighted by atomic mass is 10.0. The first-order chi connectivity index (χ1) is 6.88. The maximum atomic E-state index is 5.33. The maximum Gasteiger partial charge on any atom is 0.0521 e. The maximum absolute atomic E-state index is 5.33. The number of rotatable bonds is 3. The Labute approximate surface area is 85.1 Å². The van der Waals surface area contributed by atoms with E-state index in [-0.39, 0.29) is 0 Å². The Kier molecular flexibility index (Phi) is 3.19. The van der Waals surface area contributed by atoms with Crippen LogP contribution in [-0.2, 0) is 17.7 Å². The monoisotopic (exact) mass is 194 g/mol. The van der Waals surface area contributed by atoms with Crippen LogP contribution in [0.3, 0.4) is 0 Å². The summed E-state index contributed by atoms with van der Waals surface area (Å²) in [5.41, 5.74) is 1.33. The Bertz CT molecular complexity index is 277. The van der Waals surface area contributed by atoms with E-state index >= 15 is 0 Å². The van der Waals surface area contributed by atoms with Crippen molar-refractivity contribution < 1.29 is 4.74 Å². The number of aromatic nitrogens is 2. The molecule has 0 unspecified atom stereocenters. The van der Waals surface area contributed by atoms with Crippen molar-refractivity contribution in [2.75, 3.05) is 13.2 Å². The highest BCUT2D eigenvalue weighted by Gasteiger charge is 2.14. The lowest BCUT2D eigenvalue weighted by Gasteiger charge is -2.21. The van der Waals surface area contributed by atoms with Crippen LogP contribution in [0.2, 0.25) is 0 Å². The van der Waals surface area contributed by atoms with Gasteiger partial charge in [0.25, 0.3) is 0 Å². The van der Waals surface area contributed by atoms with E-state index in [1.165, 1.54) is 18.4 Å². The van der Waals surface area contributed by atoms with E-state index in [0.717, 1.165) is 32.1 Å². The van der Waals surface area contributed by atoms with Crippen molar-refractivity contribution >= 4 is 0 Å². The highest BCUT2D eigenvalue weighted by molar-refractivity contribution is 5.02. The second-order valence-electron chi connectivity index (χ2n) is 3.98. The van der Waals surface area contributed by atoms with E-state index in [9.17, 15) is 0 Å². The molecule has 0 N–H and O–H groups in total. The minimum atomic E-state index is 0.758. The molecule has 2 rings (SSSR count). The second-order valence-corrected chi connectivity index (χ2v) is 3.98. The summed E-state index contributed by atoms with van der Waals surface area (Å²) in [6, 6.07) is 0. The Morgan fingerprint density at radius 2 is 2.29 bits per heavy atom. The summed E-state index contributed by atoms with van der Waals surface area (Å²) in [6.45, 7) is 5.07. The summed E-state index contributed by atoms with van der Waals surface area (Å²) < 4.78 is 7.41. The lowest BCUT2D eigenvalue weighted by Crippen LogP contribution is -2.20. The fraction of sp³-hybridized carbons (Fsp3) is 0.727. The molecular formula is C11H18N2O. The first-order valence-corrected chi connectivity index (χ1v) is 5.47. The molecule has 1 fully saturated rings. The normalized spacial score (nSPS) is 18.6. The number of nitrogens with zero attached hydrogens (tertiary/aromatic N) is 2. The van der Waals surface area contributed by atoms with Crippen LogP contribution in [-0.4, -0.2) is 23.0 Å². The van der Waals surface area contributed by atoms with E-state index < -0.39 is 0 Å². The average Bonchev–Trinajstić information content (AvgIpc) is 2.67. The van der Waals surface area contributed by atoms with Gasteiger partial charge in [0.05, 0.1) is 6.20 Å². The third-order valence-electron chi connectivity index (χ3n) is 2.88. The number of ether oxygens (including phenoxy) is 1. The number of hydrogen-bond donors (Lipinski definition) is 0. The zero-order chi connectivity index (χ0) is 9.80. The van der Waals surface area contributed by atoms with E-state index in [1.807, 2.05) is 6.20 Å². The van der Waals surface area contributed by atoms with Crippen LogP contribution < -0.4 is 0 Å². The minimum Gasteiger partial charge on any atom is -0.381 e. The van der Waals surface area contributed by atoms with Gasteiger partial charge in [-0.25, -0.2) is 0 Å². The van der Waals surface area contributed by atoms with Crippen molar-refractivity contribution in [1.29, 1.82) is 0 Å². The fourth-order valence-corrected chi connectivity index (χ4v) is 1.88. The Morgan fingerprint density at radius 3 is 2.93 bits per heavy atom. The van der Waals surface area contributed by atoms with Crippen LogP contribution in [0.5, 0.6) is 0 Å². The van der Waals surface area contributed by atoms with E-state index in [1.54, 1.807) is 0 Å². The largest absolute Gasteiger partial charge is 0.381 e. The molecule has 2 heterocycles. The lowest BCUT2D eigenvalue weighted by molar-refractivity contribution is 0.0601. The van der Waals surface area contributed by atoms with E-state index in [2.05, 4.69) is 22.9 Å². The molecule has 1 saturated heterocycles. The predicted molar refractivity (Wildman–Crippen MR) is 55.1 cm³/mol. The standard InChI is InChI=1S/C11H18N2O/c1-2-10-7-12-13(8-10)9-11-3-5-14-6-4-11/h7-8,11H,2-6,9H2,1H3. The van der Waals surface area contributed by atoms with Crippen molar-refractivity contribution in [2.45, 2.75) is 32.7 Å². The SMILES string of the molecule is CCc1cnn(CC2CCOCC2)c1. The highest BCUT2D eigenvalue weighted by Crippen LogP contribution is 2.16. The van der Waals surface area contributed by atoms with Gasteiger partial charge in [-0.15, -0.1) is 0 Å². The van der Waals surface area contributed by atoms with Crippen molar-refractivity contribution in [3.63, 3.8) is 0 Å². The Balaban J connectivity index is 1.89. The van der Waals surface area contributed by atoms with Gasteiger partial charge in [-0.1, -0.05) is 6.92 Å². The molecule has 1 aliphatic heterocycles. The molecule has 1 aromatic heterocycles. The van der Waals surface area contributed by atoms with Gasteiger partial charge < -0.3 is 4.74 Å². The summed E-state index contributed by atoms with van der Waals surface area (Å²) in [7, 11) is 0. The smallest absolute Gasteiger partial charge is 0.0521 e. The molecule has 78 valence electrons. The minimum absolute atomic E-state index is 0.758. The molecule has 1 aliphatic rings. The topological polar surface area (TPSA) is 27.1 Å². The van der Waals surface area contributed by atoms with Crippen LogP contribution >= 0.6 is 0 Å². The zero-order valence-corrected chi connectivity index (χ0v) is 8.78. The molecule has 3 nitrogen and oxygen atoms in total. The van der Waals surface area contributed by atoms with E-state index in [0.29, 0.717) is 0 Å². The molecule has 0 spiro atoms. The molecule has 0 bridgehead atoms. The summed E-state index contributed by atoms with van der Waals surface area (Å²) in [5, 5.41) is 4.36. The van der Waals surface area contributed by atoms with Crippen LogP contribution in [0, 0.1) is 5.92 Å². The van der Waals surface area contributed by atoms with Crippen molar-refractivity contribution in [3.05, 3.63) is 18.0 Å². The first kappa shape index (κ1) is 9.71. The molecule has 0 amide bonds. The third kappa shape index (κ3) is 2.35. The average molecular weight is 194 g/mol. The van der Waals surface area contributed by atoms with E-state index in [4.69, 9.17) is 4.74 Å². The molecule has 0 atom stereocenters. The van der Waals surface area contributed by atoms with Gasteiger partial charge in [0, 0.05) is 26.0 Å². The summed E-state index contributed by atoms with van der Waals surface area (Å²) >= 11 is 0. The quantitative estimate of drug-likeness (QED) is 0.734. The second kappa shape index (κ2) is 4.60. The summed E-state index contributed by atoms with van der Waals surface area (Å²) in [5.74, 6) is 0.758. The van der Waals surface area contributed by atoms with Gasteiger partial charge in [0.15, 0.2) is 0 Å². The molecule has 0 radical (unpaired) electrons. The molecule has 0 aliphatic carbocycles. The Morgan fingerprint density at radius 1 is 1.50 bits per heavy atom. The van der Waals surface area contributed by atoms with Crippen LogP contribution in [0.15, 0.2) is 12.4 Å². The molecule has 14 heavy (non-hydrogen) atoms. The van der Waals surface area contributed by atoms with Crippen LogP contribution in [0.1, 0.15) is 25.3 Å². The van der Waals surface area contributed by atoms with Crippen molar-refractivity contribution in [3.8, 4) is 0 Å². The molecule has 0 saturated carbocycles. The van der Waals surface area contributed by atoms with Gasteiger partial charge in [-0.3, -0.25) is 4.68 Å². The molecule has 0 aromatic carbocycles. The fourth-order valence-electron chi connectivity index (χ4n) is 1.88. The number of hydrogen-bond acceptors (Lipinski definition) is 2. The summed E-state index contributed by atoms with van der Waals surface area (Å²) in [4.78, 5) is 0. The molecule has 1 aromatic rings. The third-order valence-corrected chi connectivity index (χ3v) is 2.88. The van der Waals surface area contributed by atoms with Gasteiger partial charge in [0.2, 0.25) is 0 Å². The molecule has 3 heteroatoms. The van der Waals surface area contributed by atoms with Gasteiger partial charge in [0.1, 0.15) is 0 Å². The van der Waals surface area contributed by atoms with Crippen LogP contribution in [0.25, 0.3) is 0 Å². The van der Waals surface area contributed by atoms with Crippen LogP contribution in [0.4, 0.5) is 0 Å². The predicted octanol–water partition coefficient (Wildman–Crippen LogP) is 1.87. The Hall–Kier alpha value is -0.830. The zero-order valence-electron chi connectivity index (χ0n) is 8.78. The highest BCUT2D eigenvalue weighted by atomic mass is 16.5. The van der Waals surface area contributed by atoms with Gasteiger partial charge in [-0.2, -0.15) is 5.10 Å². The summed E-state index contributed by atoms with van der Waals surface area (Å²) in [6.07, 6.45) is 7.57. The first-order valence-electron chi connectivity index (χ1n) is 5.47. The van der Waals surface area contributed by atoms with Gasteiger partial charge >= 0.3 is 0 Å².